The summed E-state index contributed by atoms with van der Waals surface area (Å²) < 4.78 is 15.0. The van der Waals surface area contributed by atoms with Crippen LogP contribution in [0.25, 0.3) is 5.69 Å². The minimum atomic E-state index is -0.478. The van der Waals surface area contributed by atoms with Gasteiger partial charge >= 0.3 is 0 Å². The predicted octanol–water partition coefficient (Wildman–Crippen LogP) is 4.97. The Morgan fingerprint density at radius 2 is 2.00 bits per heavy atom. The first-order chi connectivity index (χ1) is 12.5. The van der Waals surface area contributed by atoms with Gasteiger partial charge in [-0.1, -0.05) is 29.3 Å². The van der Waals surface area contributed by atoms with Gasteiger partial charge in [-0.25, -0.2) is 9.07 Å². The molecule has 0 radical (unpaired) electrons. The summed E-state index contributed by atoms with van der Waals surface area (Å²) in [5.41, 5.74) is 4.23. The number of nitrogens with one attached hydrogen (secondary N) is 1. The molecule has 4 rings (SSSR count). The number of aryl methyl sites for hydroxylation is 1. The molecule has 0 atom stereocenters. The molecule has 7 heteroatoms. The molecule has 0 fully saturated rings. The number of carbonyl (C=O) groups excluding carboxylic acids is 1. The minimum Gasteiger partial charge on any atom is -0.306 e. The smallest absolute Gasteiger partial charge is 0.258 e. The molecule has 0 bridgehead atoms. The van der Waals surface area contributed by atoms with E-state index < -0.39 is 5.82 Å². The molecular formula is C19H15ClFN3OS. The number of nitrogens with zero attached hydrogens (tertiary/aromatic N) is 2. The Hall–Kier alpha value is -2.31. The van der Waals surface area contributed by atoms with E-state index in [9.17, 15) is 9.18 Å². The second-order valence-corrected chi connectivity index (χ2v) is 7.49. The summed E-state index contributed by atoms with van der Waals surface area (Å²) in [5.74, 6) is 1.37. The summed E-state index contributed by atoms with van der Waals surface area (Å²) in [4.78, 5) is 12.7. The molecule has 1 aromatic heterocycles. The fourth-order valence-electron chi connectivity index (χ4n) is 2.86. The molecule has 1 aliphatic heterocycles. The van der Waals surface area contributed by atoms with Gasteiger partial charge in [0.1, 0.15) is 11.6 Å². The predicted molar refractivity (Wildman–Crippen MR) is 103 cm³/mol. The van der Waals surface area contributed by atoms with Crippen LogP contribution in [-0.2, 0) is 11.5 Å². The first-order valence-corrected chi connectivity index (χ1v) is 9.58. The summed E-state index contributed by atoms with van der Waals surface area (Å²) >= 11 is 7.78. The van der Waals surface area contributed by atoms with Crippen molar-refractivity contribution in [2.75, 3.05) is 5.32 Å². The van der Waals surface area contributed by atoms with Gasteiger partial charge in [0.2, 0.25) is 0 Å². The Kier molecular flexibility index (Phi) is 4.46. The van der Waals surface area contributed by atoms with Crippen molar-refractivity contribution in [3.8, 4) is 5.69 Å². The van der Waals surface area contributed by atoms with Crippen molar-refractivity contribution < 1.29 is 9.18 Å². The molecule has 1 aliphatic rings. The number of hydrogen-bond acceptors (Lipinski definition) is 3. The zero-order valence-electron chi connectivity index (χ0n) is 13.9. The van der Waals surface area contributed by atoms with Crippen molar-refractivity contribution in [3.63, 3.8) is 0 Å². The van der Waals surface area contributed by atoms with E-state index in [-0.39, 0.29) is 16.5 Å². The lowest BCUT2D eigenvalue weighted by atomic mass is 10.2. The van der Waals surface area contributed by atoms with Gasteiger partial charge in [0.25, 0.3) is 5.91 Å². The van der Waals surface area contributed by atoms with E-state index in [2.05, 4.69) is 10.4 Å². The molecule has 0 aliphatic carbocycles. The molecule has 2 heterocycles. The lowest BCUT2D eigenvalue weighted by Gasteiger charge is -2.12. The van der Waals surface area contributed by atoms with E-state index >= 15 is 0 Å². The van der Waals surface area contributed by atoms with E-state index in [0.717, 1.165) is 40.1 Å². The van der Waals surface area contributed by atoms with Gasteiger partial charge in [0.15, 0.2) is 0 Å². The van der Waals surface area contributed by atoms with Crippen LogP contribution in [0, 0.1) is 12.7 Å². The summed E-state index contributed by atoms with van der Waals surface area (Å²) in [6.45, 7) is 2.02. The average Bonchev–Trinajstić information content (AvgIpc) is 3.18. The maximum absolute atomic E-state index is 13.3. The van der Waals surface area contributed by atoms with Gasteiger partial charge in [0, 0.05) is 17.1 Å². The third-order valence-electron chi connectivity index (χ3n) is 4.24. The van der Waals surface area contributed by atoms with Crippen molar-refractivity contribution in [2.45, 2.75) is 18.4 Å². The van der Waals surface area contributed by atoms with Crippen molar-refractivity contribution >= 4 is 35.1 Å². The molecule has 1 amide bonds. The number of aromatic nitrogens is 2. The van der Waals surface area contributed by atoms with Crippen LogP contribution in [0.2, 0.25) is 5.02 Å². The molecule has 2 aromatic carbocycles. The van der Waals surface area contributed by atoms with Crippen LogP contribution >= 0.6 is 23.4 Å². The number of hydrogen-bond donors (Lipinski definition) is 1. The largest absolute Gasteiger partial charge is 0.306 e. The van der Waals surface area contributed by atoms with Crippen LogP contribution in [0.3, 0.4) is 0 Å². The molecular weight excluding hydrogens is 373 g/mol. The van der Waals surface area contributed by atoms with Crippen LogP contribution in [0.5, 0.6) is 0 Å². The van der Waals surface area contributed by atoms with Gasteiger partial charge in [-0.2, -0.15) is 16.9 Å². The van der Waals surface area contributed by atoms with Gasteiger partial charge in [-0.15, -0.1) is 0 Å². The number of benzene rings is 2. The second kappa shape index (κ2) is 6.78. The molecule has 0 saturated carbocycles. The number of carbonyl (C=O) groups is 1. The standard InChI is InChI=1S/C19H15ClFN3OS/c1-11-2-5-13(6-3-11)24-18(15-9-26-10-17(15)23-24)22-19(25)14-7-4-12(21)8-16(14)20/h2-8H,9-10H2,1H3,(H,22,25). The molecule has 0 unspecified atom stereocenters. The normalized spacial score (nSPS) is 12.9. The molecule has 0 saturated heterocycles. The number of rotatable bonds is 3. The SMILES string of the molecule is Cc1ccc(-n2nc3c(c2NC(=O)c2ccc(F)cc2Cl)CSC3)cc1. The number of halogens is 2. The van der Waals surface area contributed by atoms with Crippen LogP contribution in [-0.4, -0.2) is 15.7 Å². The van der Waals surface area contributed by atoms with E-state index in [1.165, 1.54) is 12.1 Å². The quantitative estimate of drug-likeness (QED) is 0.690. The van der Waals surface area contributed by atoms with Crippen LogP contribution in [0.1, 0.15) is 27.2 Å². The highest BCUT2D eigenvalue weighted by Gasteiger charge is 2.25. The minimum absolute atomic E-state index is 0.0786. The Morgan fingerprint density at radius 3 is 2.73 bits per heavy atom. The van der Waals surface area contributed by atoms with Gasteiger partial charge in [-0.05, 0) is 37.3 Å². The third-order valence-corrected chi connectivity index (χ3v) is 5.52. The van der Waals surface area contributed by atoms with Crippen molar-refractivity contribution in [2.24, 2.45) is 0 Å². The van der Waals surface area contributed by atoms with Gasteiger partial charge in [0.05, 0.1) is 22.0 Å². The fraction of sp³-hybridized carbons (Fsp3) is 0.158. The number of thioether (sulfide) groups is 1. The zero-order chi connectivity index (χ0) is 18.3. The molecule has 1 N–H and O–H groups in total. The Labute approximate surface area is 159 Å². The average molecular weight is 388 g/mol. The summed E-state index contributed by atoms with van der Waals surface area (Å²) in [7, 11) is 0. The Bertz CT molecular complexity index is 1000. The third kappa shape index (κ3) is 3.10. The van der Waals surface area contributed by atoms with E-state index in [1.807, 2.05) is 31.2 Å². The molecule has 3 aromatic rings. The second-order valence-electron chi connectivity index (χ2n) is 6.09. The van der Waals surface area contributed by atoms with Crippen molar-refractivity contribution in [1.29, 1.82) is 0 Å². The van der Waals surface area contributed by atoms with Crippen molar-refractivity contribution in [1.82, 2.24) is 9.78 Å². The number of anilines is 1. The van der Waals surface area contributed by atoms with E-state index in [1.54, 1.807) is 16.4 Å². The summed E-state index contributed by atoms with van der Waals surface area (Å²) in [6.07, 6.45) is 0. The lowest BCUT2D eigenvalue weighted by molar-refractivity contribution is 0.102. The Balaban J connectivity index is 1.73. The number of amides is 1. The monoisotopic (exact) mass is 387 g/mol. The first kappa shape index (κ1) is 17.1. The first-order valence-electron chi connectivity index (χ1n) is 8.05. The molecule has 0 spiro atoms. The summed E-state index contributed by atoms with van der Waals surface area (Å²) in [6, 6.07) is 11.7. The Morgan fingerprint density at radius 1 is 1.23 bits per heavy atom. The molecule has 132 valence electrons. The highest BCUT2D eigenvalue weighted by atomic mass is 35.5. The highest BCUT2D eigenvalue weighted by molar-refractivity contribution is 7.98. The van der Waals surface area contributed by atoms with Crippen molar-refractivity contribution in [3.05, 3.63) is 75.7 Å². The zero-order valence-corrected chi connectivity index (χ0v) is 15.5. The van der Waals surface area contributed by atoms with Gasteiger partial charge < -0.3 is 5.32 Å². The maximum atomic E-state index is 13.3. The molecule has 26 heavy (non-hydrogen) atoms. The topological polar surface area (TPSA) is 46.9 Å². The summed E-state index contributed by atoms with van der Waals surface area (Å²) in [5, 5.41) is 7.66. The van der Waals surface area contributed by atoms with Crippen LogP contribution in [0.4, 0.5) is 10.2 Å². The van der Waals surface area contributed by atoms with Crippen LogP contribution in [0.15, 0.2) is 42.5 Å². The maximum Gasteiger partial charge on any atom is 0.258 e. The number of fused-ring (bicyclic) bond motifs is 1. The van der Waals surface area contributed by atoms with E-state index in [0.29, 0.717) is 5.82 Å². The van der Waals surface area contributed by atoms with Crippen LogP contribution < -0.4 is 5.32 Å². The van der Waals surface area contributed by atoms with Gasteiger partial charge in [-0.3, -0.25) is 4.79 Å². The molecule has 4 nitrogen and oxygen atoms in total. The highest BCUT2D eigenvalue weighted by Crippen LogP contribution is 2.36. The fourth-order valence-corrected chi connectivity index (χ4v) is 4.15. The van der Waals surface area contributed by atoms with E-state index in [4.69, 9.17) is 11.6 Å². The lowest BCUT2D eigenvalue weighted by Crippen LogP contribution is -2.16.